The molecule has 7 nitrogen and oxygen atoms in total. The number of carbonyl (C=O) groups excluding carboxylic acids is 3. The summed E-state index contributed by atoms with van der Waals surface area (Å²) in [6, 6.07) is 11.3. The number of rotatable bonds is 7. The number of nitrogens with zero attached hydrogens (tertiary/aromatic N) is 2. The number of anilines is 1. The fourth-order valence-electron chi connectivity index (χ4n) is 5.46. The van der Waals surface area contributed by atoms with Crippen LogP contribution in [0, 0.1) is 12.7 Å². The largest absolute Gasteiger partial charge is 0.450 e. The van der Waals surface area contributed by atoms with Crippen molar-refractivity contribution in [2.45, 2.75) is 76.9 Å². The van der Waals surface area contributed by atoms with Crippen molar-refractivity contribution in [2.75, 3.05) is 18.1 Å². The lowest BCUT2D eigenvalue weighted by atomic mass is 9.93. The van der Waals surface area contributed by atoms with E-state index in [1.165, 1.54) is 28.0 Å². The van der Waals surface area contributed by atoms with Gasteiger partial charge >= 0.3 is 6.09 Å². The van der Waals surface area contributed by atoms with Gasteiger partial charge in [0.1, 0.15) is 17.9 Å². The topological polar surface area (TPSA) is 79.0 Å². The molecule has 2 aromatic rings. The number of benzene rings is 2. The second kappa shape index (κ2) is 12.2. The van der Waals surface area contributed by atoms with Gasteiger partial charge in [0.2, 0.25) is 5.91 Å². The number of nitrogens with one attached hydrogen (secondary N) is 1. The quantitative estimate of drug-likeness (QED) is 0.551. The zero-order valence-corrected chi connectivity index (χ0v) is 21.6. The number of hydrogen-bond donors (Lipinski definition) is 1. The van der Waals surface area contributed by atoms with Crippen LogP contribution in [0.5, 0.6) is 0 Å². The molecular weight excluding hydrogens is 473 g/mol. The Hall–Kier alpha value is -3.42. The molecule has 37 heavy (non-hydrogen) atoms. The van der Waals surface area contributed by atoms with Gasteiger partial charge in [0.05, 0.1) is 6.61 Å². The Kier molecular flexibility index (Phi) is 8.79. The molecule has 2 unspecified atom stereocenters. The fraction of sp³-hybridized carbons (Fsp3) is 0.483. The summed E-state index contributed by atoms with van der Waals surface area (Å²) in [5, 5.41) is 3.18. The van der Waals surface area contributed by atoms with Crippen LogP contribution in [0.4, 0.5) is 14.9 Å². The van der Waals surface area contributed by atoms with Gasteiger partial charge in [-0.2, -0.15) is 0 Å². The molecule has 0 aromatic heterocycles. The van der Waals surface area contributed by atoms with Crippen LogP contribution in [-0.2, 0) is 14.3 Å². The van der Waals surface area contributed by atoms with E-state index in [9.17, 15) is 18.8 Å². The van der Waals surface area contributed by atoms with E-state index < -0.39 is 29.9 Å². The van der Waals surface area contributed by atoms with Crippen LogP contribution >= 0.6 is 0 Å². The molecule has 2 aliphatic rings. The first-order chi connectivity index (χ1) is 17.9. The van der Waals surface area contributed by atoms with Gasteiger partial charge in [-0.25, -0.2) is 9.18 Å². The van der Waals surface area contributed by atoms with Crippen LogP contribution < -0.4 is 10.2 Å². The Morgan fingerprint density at radius 1 is 1.05 bits per heavy atom. The zero-order valence-electron chi connectivity index (χ0n) is 21.6. The number of carbonyl (C=O) groups is 3. The molecule has 1 heterocycles. The fourth-order valence-corrected chi connectivity index (χ4v) is 5.46. The van der Waals surface area contributed by atoms with Crippen molar-refractivity contribution in [1.29, 1.82) is 0 Å². The van der Waals surface area contributed by atoms with E-state index in [4.69, 9.17) is 4.74 Å². The molecule has 0 radical (unpaired) electrons. The van der Waals surface area contributed by atoms with E-state index in [0.29, 0.717) is 24.9 Å². The molecule has 1 N–H and O–H groups in total. The molecule has 2 fully saturated rings. The summed E-state index contributed by atoms with van der Waals surface area (Å²) < 4.78 is 19.7. The molecule has 0 spiro atoms. The lowest BCUT2D eigenvalue weighted by Gasteiger charge is -2.36. The maximum atomic E-state index is 14.5. The van der Waals surface area contributed by atoms with E-state index in [0.717, 1.165) is 37.7 Å². The highest BCUT2D eigenvalue weighted by Gasteiger charge is 2.43. The highest BCUT2D eigenvalue weighted by atomic mass is 19.1. The summed E-state index contributed by atoms with van der Waals surface area (Å²) in [6.07, 6.45) is 5.53. The number of aryl methyl sites for hydroxylation is 1. The van der Waals surface area contributed by atoms with Crippen LogP contribution in [-0.4, -0.2) is 48.0 Å². The number of likely N-dealkylation sites (tertiary alicyclic amines) is 1. The molecule has 2 atom stereocenters. The summed E-state index contributed by atoms with van der Waals surface area (Å²) in [5.74, 6) is -1.25. The van der Waals surface area contributed by atoms with Crippen molar-refractivity contribution in [3.63, 3.8) is 0 Å². The number of halogens is 1. The summed E-state index contributed by atoms with van der Waals surface area (Å²) in [6.45, 7) is 4.19. The molecule has 0 bridgehead atoms. The van der Waals surface area contributed by atoms with Crippen molar-refractivity contribution in [2.24, 2.45) is 0 Å². The highest BCUT2D eigenvalue weighted by Crippen LogP contribution is 2.34. The summed E-state index contributed by atoms with van der Waals surface area (Å²) in [7, 11) is 0. The minimum absolute atomic E-state index is 0.0275. The molecular formula is C29H36FN3O4. The third-order valence-corrected chi connectivity index (χ3v) is 7.31. The second-order valence-electron chi connectivity index (χ2n) is 9.84. The molecule has 2 aromatic carbocycles. The smallest absolute Gasteiger partial charge is 0.410 e. The van der Waals surface area contributed by atoms with Crippen LogP contribution in [0.15, 0.2) is 48.5 Å². The van der Waals surface area contributed by atoms with E-state index in [1.54, 1.807) is 13.0 Å². The van der Waals surface area contributed by atoms with Gasteiger partial charge in [0, 0.05) is 18.3 Å². The predicted octanol–water partition coefficient (Wildman–Crippen LogP) is 5.28. The SMILES string of the molecule is CCOC(=O)N1CCCC1C(=O)N(c1cccc(F)c1)C(C(=O)NC1CCCCC1)c1ccccc1C. The third-order valence-electron chi connectivity index (χ3n) is 7.31. The van der Waals surface area contributed by atoms with Crippen molar-refractivity contribution in [1.82, 2.24) is 10.2 Å². The van der Waals surface area contributed by atoms with Gasteiger partial charge < -0.3 is 10.1 Å². The van der Waals surface area contributed by atoms with Gasteiger partial charge in [-0.3, -0.25) is 19.4 Å². The van der Waals surface area contributed by atoms with Crippen LogP contribution in [0.25, 0.3) is 0 Å². The molecule has 1 saturated heterocycles. The monoisotopic (exact) mass is 509 g/mol. The molecule has 8 heteroatoms. The first-order valence-electron chi connectivity index (χ1n) is 13.3. The number of hydrogen-bond acceptors (Lipinski definition) is 4. The minimum Gasteiger partial charge on any atom is -0.450 e. The van der Waals surface area contributed by atoms with Crippen molar-refractivity contribution < 1.29 is 23.5 Å². The normalized spacial score (nSPS) is 18.8. The lowest BCUT2D eigenvalue weighted by molar-refractivity contribution is -0.129. The van der Waals surface area contributed by atoms with Gasteiger partial charge in [0.25, 0.3) is 5.91 Å². The first-order valence-corrected chi connectivity index (χ1v) is 13.3. The summed E-state index contributed by atoms with van der Waals surface area (Å²) >= 11 is 0. The van der Waals surface area contributed by atoms with Crippen LogP contribution in [0.3, 0.4) is 0 Å². The average Bonchev–Trinajstić information content (AvgIpc) is 3.38. The van der Waals surface area contributed by atoms with Gasteiger partial charge in [-0.1, -0.05) is 49.6 Å². The Balaban J connectivity index is 1.78. The molecule has 4 rings (SSSR count). The van der Waals surface area contributed by atoms with Gasteiger partial charge in [0.15, 0.2) is 0 Å². The standard InChI is InChI=1S/C29H36FN3O4/c1-3-37-29(36)32-18-10-17-25(32)28(35)33(23-15-9-12-21(30)19-23)26(24-16-8-7-11-20(24)2)27(34)31-22-13-5-4-6-14-22/h7-9,11-12,15-16,19,22,25-26H,3-6,10,13-14,17-18H2,1-2H3,(H,31,34). The molecule has 1 aliphatic heterocycles. The van der Waals surface area contributed by atoms with Gasteiger partial charge in [-0.05, 0) is 68.9 Å². The Morgan fingerprint density at radius 3 is 2.51 bits per heavy atom. The van der Waals surface area contributed by atoms with E-state index in [1.807, 2.05) is 31.2 Å². The van der Waals surface area contributed by atoms with Crippen molar-refractivity contribution >= 4 is 23.6 Å². The number of amides is 3. The summed E-state index contributed by atoms with van der Waals surface area (Å²) in [5.41, 5.74) is 1.77. The Bertz CT molecular complexity index is 1120. The average molecular weight is 510 g/mol. The zero-order chi connectivity index (χ0) is 26.4. The van der Waals surface area contributed by atoms with Gasteiger partial charge in [-0.15, -0.1) is 0 Å². The third kappa shape index (κ3) is 6.12. The van der Waals surface area contributed by atoms with E-state index in [2.05, 4.69) is 5.32 Å². The Morgan fingerprint density at radius 2 is 1.81 bits per heavy atom. The predicted molar refractivity (Wildman–Crippen MR) is 140 cm³/mol. The van der Waals surface area contributed by atoms with Crippen molar-refractivity contribution in [3.05, 3.63) is 65.5 Å². The molecule has 3 amide bonds. The van der Waals surface area contributed by atoms with E-state index >= 15 is 0 Å². The maximum Gasteiger partial charge on any atom is 0.410 e. The lowest BCUT2D eigenvalue weighted by Crippen LogP contribution is -2.53. The van der Waals surface area contributed by atoms with Crippen molar-refractivity contribution in [3.8, 4) is 0 Å². The van der Waals surface area contributed by atoms with Crippen LogP contribution in [0.2, 0.25) is 0 Å². The van der Waals surface area contributed by atoms with E-state index in [-0.39, 0.29) is 24.2 Å². The second-order valence-corrected chi connectivity index (χ2v) is 9.84. The number of ether oxygens (including phenoxy) is 1. The maximum absolute atomic E-state index is 14.5. The Labute approximate surface area is 218 Å². The molecule has 1 saturated carbocycles. The molecule has 1 aliphatic carbocycles. The first kappa shape index (κ1) is 26.6. The highest BCUT2D eigenvalue weighted by molar-refractivity contribution is 6.05. The molecule has 198 valence electrons. The van der Waals surface area contributed by atoms with Crippen LogP contribution in [0.1, 0.15) is 69.0 Å². The minimum atomic E-state index is -1.03. The summed E-state index contributed by atoms with van der Waals surface area (Å²) in [4.78, 5) is 43.7.